The highest BCUT2D eigenvalue weighted by Crippen LogP contribution is 2.27. The number of carbonyl (C=O) groups excluding carboxylic acids is 1. The number of aliphatic hydroxyl groups is 1. The van der Waals surface area contributed by atoms with Crippen LogP contribution in [-0.4, -0.2) is 39.1 Å². The van der Waals surface area contributed by atoms with Crippen molar-refractivity contribution < 1.29 is 19.0 Å². The number of hydrogen-bond acceptors (Lipinski definition) is 8. The van der Waals surface area contributed by atoms with Gasteiger partial charge in [-0.2, -0.15) is 0 Å². The van der Waals surface area contributed by atoms with Crippen LogP contribution >= 0.6 is 34.5 Å². The summed E-state index contributed by atoms with van der Waals surface area (Å²) < 4.78 is 18.4. The largest absolute Gasteiger partial charge is 0.506 e. The van der Waals surface area contributed by atoms with E-state index in [0.29, 0.717) is 0 Å². The van der Waals surface area contributed by atoms with Gasteiger partial charge < -0.3 is 9.84 Å². The van der Waals surface area contributed by atoms with Crippen molar-refractivity contribution in [1.29, 1.82) is 0 Å². The molecule has 0 aliphatic heterocycles. The number of esters is 1. The molecule has 0 saturated heterocycles. The molecule has 7 nitrogen and oxygen atoms in total. The fourth-order valence-electron chi connectivity index (χ4n) is 1.52. The lowest BCUT2D eigenvalue weighted by Gasteiger charge is -2.08. The minimum atomic E-state index is -0.910. The van der Waals surface area contributed by atoms with Crippen LogP contribution in [0, 0.1) is 5.82 Å². The van der Waals surface area contributed by atoms with Crippen molar-refractivity contribution in [2.24, 2.45) is 4.99 Å². The predicted octanol–water partition coefficient (Wildman–Crippen LogP) is 3.61. The SMILES string of the molecule is CCOC(=O)C(C=Nc1nncs1)=C(O)c1cc(F)c(Cl)nc1Cl. The Morgan fingerprint density at radius 1 is 1.50 bits per heavy atom. The van der Waals surface area contributed by atoms with E-state index in [0.717, 1.165) is 23.6 Å². The second-order valence-electron chi connectivity index (χ2n) is 4.06. The molecule has 0 bridgehead atoms. The maximum atomic E-state index is 13.6. The van der Waals surface area contributed by atoms with Gasteiger partial charge in [-0.1, -0.05) is 34.5 Å². The number of aromatic nitrogens is 3. The van der Waals surface area contributed by atoms with E-state index in [9.17, 15) is 14.3 Å². The highest BCUT2D eigenvalue weighted by Gasteiger charge is 2.20. The average molecular weight is 391 g/mol. The van der Waals surface area contributed by atoms with Gasteiger partial charge in [0.25, 0.3) is 0 Å². The molecule has 0 atom stereocenters. The Balaban J connectivity index is 2.53. The molecule has 0 saturated carbocycles. The lowest BCUT2D eigenvalue weighted by Crippen LogP contribution is -2.11. The van der Waals surface area contributed by atoms with Crippen LogP contribution in [-0.2, 0) is 9.53 Å². The second kappa shape index (κ2) is 8.13. The standard InChI is InChI=1S/C13H9Cl2FN4O3S/c1-2-23-12(22)7(4-17-13-20-18-5-24-13)9(21)6-3-8(16)11(15)19-10(6)14/h3-5,21H,2H2,1H3. The van der Waals surface area contributed by atoms with Gasteiger partial charge in [0, 0.05) is 6.21 Å². The van der Waals surface area contributed by atoms with Crippen molar-refractivity contribution >= 4 is 57.6 Å². The topological polar surface area (TPSA) is 97.6 Å². The summed E-state index contributed by atoms with van der Waals surface area (Å²) in [4.78, 5) is 19.5. The van der Waals surface area contributed by atoms with Gasteiger partial charge in [0.2, 0.25) is 5.13 Å². The van der Waals surface area contributed by atoms with E-state index in [1.165, 1.54) is 5.51 Å². The number of hydrogen-bond donors (Lipinski definition) is 1. The van der Waals surface area contributed by atoms with E-state index in [-0.39, 0.29) is 28.0 Å². The molecule has 0 spiro atoms. The third-order valence-corrected chi connectivity index (χ3v) is 3.70. The summed E-state index contributed by atoms with van der Waals surface area (Å²) in [6, 6.07) is 0.852. The molecule has 0 unspecified atom stereocenters. The predicted molar refractivity (Wildman–Crippen MR) is 88.5 cm³/mol. The molecule has 126 valence electrons. The fourth-order valence-corrected chi connectivity index (χ4v) is 2.33. The first-order valence-corrected chi connectivity index (χ1v) is 8.00. The molecule has 0 amide bonds. The Hall–Kier alpha value is -2.10. The molecule has 24 heavy (non-hydrogen) atoms. The summed E-state index contributed by atoms with van der Waals surface area (Å²) in [7, 11) is 0. The molecule has 0 aromatic carbocycles. The number of pyridine rings is 1. The number of carbonyl (C=O) groups is 1. The number of nitrogens with zero attached hydrogens (tertiary/aromatic N) is 4. The third-order valence-electron chi connectivity index (χ3n) is 2.54. The van der Waals surface area contributed by atoms with Crippen LogP contribution in [0.1, 0.15) is 12.5 Å². The van der Waals surface area contributed by atoms with Crippen molar-refractivity contribution in [2.45, 2.75) is 6.92 Å². The van der Waals surface area contributed by atoms with E-state index in [2.05, 4.69) is 20.2 Å². The van der Waals surface area contributed by atoms with Gasteiger partial charge >= 0.3 is 5.97 Å². The van der Waals surface area contributed by atoms with Gasteiger partial charge in [0.1, 0.15) is 22.0 Å². The Labute approximate surface area is 149 Å². The fraction of sp³-hybridized carbons (Fsp3) is 0.154. The Kier molecular flexibility index (Phi) is 6.18. The minimum absolute atomic E-state index is 0.0588. The maximum Gasteiger partial charge on any atom is 0.343 e. The smallest absolute Gasteiger partial charge is 0.343 e. The van der Waals surface area contributed by atoms with Crippen molar-refractivity contribution in [3.8, 4) is 0 Å². The second-order valence-corrected chi connectivity index (χ2v) is 5.59. The molecule has 0 aliphatic carbocycles. The third kappa shape index (κ3) is 4.25. The summed E-state index contributed by atoms with van der Waals surface area (Å²) in [5, 5.41) is 17.1. The number of halogens is 3. The number of aliphatic imine (C=N–C) groups is 1. The Morgan fingerprint density at radius 2 is 2.25 bits per heavy atom. The molecule has 2 aromatic rings. The number of aliphatic hydroxyl groups excluding tert-OH is 1. The van der Waals surface area contributed by atoms with E-state index >= 15 is 0 Å². The maximum absolute atomic E-state index is 13.6. The Bertz CT molecular complexity index is 812. The summed E-state index contributed by atoms with van der Waals surface area (Å²) >= 11 is 12.5. The van der Waals surface area contributed by atoms with Crippen molar-refractivity contribution in [1.82, 2.24) is 15.2 Å². The average Bonchev–Trinajstić information content (AvgIpc) is 3.04. The van der Waals surface area contributed by atoms with Gasteiger partial charge in [0.15, 0.2) is 11.0 Å². The first-order valence-electron chi connectivity index (χ1n) is 6.36. The first kappa shape index (κ1) is 18.2. The lowest BCUT2D eigenvalue weighted by atomic mass is 10.1. The molecule has 2 heterocycles. The van der Waals surface area contributed by atoms with Crippen molar-refractivity contribution in [2.75, 3.05) is 6.61 Å². The van der Waals surface area contributed by atoms with Crippen molar-refractivity contribution in [3.05, 3.63) is 38.8 Å². The van der Waals surface area contributed by atoms with Crippen LogP contribution in [0.5, 0.6) is 0 Å². The lowest BCUT2D eigenvalue weighted by molar-refractivity contribution is -0.137. The molecule has 0 radical (unpaired) electrons. The number of ether oxygens (including phenoxy) is 1. The monoisotopic (exact) mass is 390 g/mol. The van der Waals surface area contributed by atoms with Crippen LogP contribution < -0.4 is 0 Å². The molecular formula is C13H9Cl2FN4O3S. The molecule has 0 fully saturated rings. The molecule has 1 N–H and O–H groups in total. The highest BCUT2D eigenvalue weighted by atomic mass is 35.5. The molecule has 2 aromatic heterocycles. The van der Waals surface area contributed by atoms with Crippen LogP contribution in [0.15, 0.2) is 22.1 Å². The molecule has 2 rings (SSSR count). The number of rotatable bonds is 5. The van der Waals surface area contributed by atoms with Gasteiger partial charge in [0.05, 0.1) is 12.2 Å². The summed E-state index contributed by atoms with van der Waals surface area (Å²) in [6.45, 7) is 1.65. The Morgan fingerprint density at radius 3 is 2.88 bits per heavy atom. The van der Waals surface area contributed by atoms with E-state index in [1.54, 1.807) is 6.92 Å². The summed E-state index contributed by atoms with van der Waals surface area (Å²) in [5.74, 6) is -2.45. The van der Waals surface area contributed by atoms with Crippen molar-refractivity contribution in [3.63, 3.8) is 0 Å². The van der Waals surface area contributed by atoms with E-state index in [4.69, 9.17) is 27.9 Å². The molecule has 0 aliphatic rings. The van der Waals surface area contributed by atoms with Gasteiger partial charge in [-0.3, -0.25) is 0 Å². The van der Waals surface area contributed by atoms with E-state index in [1.807, 2.05) is 0 Å². The van der Waals surface area contributed by atoms with E-state index < -0.39 is 22.7 Å². The van der Waals surface area contributed by atoms with Crippen LogP contribution in [0.3, 0.4) is 0 Å². The van der Waals surface area contributed by atoms with Crippen LogP contribution in [0.25, 0.3) is 5.76 Å². The zero-order valence-corrected chi connectivity index (χ0v) is 14.4. The minimum Gasteiger partial charge on any atom is -0.506 e. The zero-order valence-electron chi connectivity index (χ0n) is 12.0. The first-order chi connectivity index (χ1) is 11.4. The molecule has 11 heteroatoms. The van der Waals surface area contributed by atoms with Crippen LogP contribution in [0.2, 0.25) is 10.3 Å². The van der Waals surface area contributed by atoms with Gasteiger partial charge in [-0.25, -0.2) is 19.2 Å². The zero-order chi connectivity index (χ0) is 17.7. The van der Waals surface area contributed by atoms with Gasteiger partial charge in [-0.05, 0) is 13.0 Å². The highest BCUT2D eigenvalue weighted by molar-refractivity contribution is 7.13. The quantitative estimate of drug-likeness (QED) is 0.275. The normalized spacial score (nSPS) is 12.3. The summed E-state index contributed by atoms with van der Waals surface area (Å²) in [6.07, 6.45) is 1.02. The van der Waals surface area contributed by atoms with Crippen LogP contribution in [0.4, 0.5) is 9.52 Å². The van der Waals surface area contributed by atoms with Gasteiger partial charge in [-0.15, -0.1) is 10.2 Å². The summed E-state index contributed by atoms with van der Waals surface area (Å²) in [5.41, 5.74) is 0.859. The molecular weight excluding hydrogens is 382 g/mol.